The van der Waals surface area contributed by atoms with Gasteiger partial charge in [0.15, 0.2) is 0 Å². The molecule has 0 spiro atoms. The number of aromatic carboxylic acids is 1. The van der Waals surface area contributed by atoms with Gasteiger partial charge >= 0.3 is 5.97 Å². The van der Waals surface area contributed by atoms with Crippen LogP contribution in [0, 0.1) is 0 Å². The van der Waals surface area contributed by atoms with Gasteiger partial charge in [-0.25, -0.2) is 9.78 Å². The van der Waals surface area contributed by atoms with E-state index < -0.39 is 5.97 Å². The summed E-state index contributed by atoms with van der Waals surface area (Å²) in [6, 6.07) is 2.88. The number of nitrogens with one attached hydrogen (secondary N) is 1. The average Bonchev–Trinajstić information content (AvgIpc) is 2.29. The highest BCUT2D eigenvalue weighted by Crippen LogP contribution is 2.21. The van der Waals surface area contributed by atoms with Crippen molar-refractivity contribution in [2.75, 3.05) is 6.54 Å². The summed E-state index contributed by atoms with van der Waals surface area (Å²) in [6.07, 6.45) is 1.43. The van der Waals surface area contributed by atoms with Crippen LogP contribution in [0.5, 0.6) is 0 Å². The molecule has 0 aliphatic carbocycles. The van der Waals surface area contributed by atoms with Crippen LogP contribution in [-0.4, -0.2) is 33.8 Å². The smallest absolute Gasteiger partial charge is 0.335 e. The largest absolute Gasteiger partial charge is 0.478 e. The van der Waals surface area contributed by atoms with Gasteiger partial charge in [-0.05, 0) is 26.0 Å². The summed E-state index contributed by atoms with van der Waals surface area (Å²) in [4.78, 5) is 26.3. The van der Waals surface area contributed by atoms with E-state index in [4.69, 9.17) is 5.11 Å². The van der Waals surface area contributed by atoms with Gasteiger partial charge in [0.2, 0.25) is 5.91 Å². The molecular weight excluding hydrogens is 240 g/mol. The zero-order chi connectivity index (χ0) is 12.8. The molecule has 0 aliphatic heterocycles. The predicted octanol–water partition coefficient (Wildman–Crippen LogP) is 1.40. The molecule has 0 aliphatic rings. The lowest BCUT2D eigenvalue weighted by molar-refractivity contribution is -0.120. The molecule has 0 radical (unpaired) electrons. The number of carboxylic acid groups (broad SMARTS) is 1. The van der Waals surface area contributed by atoms with E-state index in [1.807, 2.05) is 6.92 Å². The van der Waals surface area contributed by atoms with Crippen molar-refractivity contribution in [3.63, 3.8) is 0 Å². The van der Waals surface area contributed by atoms with Crippen molar-refractivity contribution in [1.29, 1.82) is 0 Å². The first kappa shape index (κ1) is 13.5. The number of carboxylic acids is 1. The van der Waals surface area contributed by atoms with Crippen molar-refractivity contribution < 1.29 is 14.7 Å². The Hall–Kier alpha value is -1.56. The first-order chi connectivity index (χ1) is 8.04. The van der Waals surface area contributed by atoms with Crippen molar-refractivity contribution in [2.45, 2.75) is 24.1 Å². The molecule has 1 rings (SSSR count). The zero-order valence-corrected chi connectivity index (χ0v) is 10.5. The van der Waals surface area contributed by atoms with E-state index in [9.17, 15) is 9.59 Å². The number of aromatic nitrogens is 1. The molecule has 1 atom stereocenters. The Kier molecular flexibility index (Phi) is 4.96. The molecule has 0 fully saturated rings. The Bertz CT molecular complexity index is 423. The van der Waals surface area contributed by atoms with Crippen molar-refractivity contribution in [3.05, 3.63) is 23.9 Å². The first-order valence-electron chi connectivity index (χ1n) is 5.18. The Balaban J connectivity index is 2.71. The number of rotatable bonds is 5. The van der Waals surface area contributed by atoms with Gasteiger partial charge in [-0.2, -0.15) is 0 Å². The van der Waals surface area contributed by atoms with Gasteiger partial charge in [0.25, 0.3) is 0 Å². The van der Waals surface area contributed by atoms with Crippen LogP contribution in [-0.2, 0) is 4.79 Å². The summed E-state index contributed by atoms with van der Waals surface area (Å²) in [7, 11) is 0. The minimum absolute atomic E-state index is 0.0833. The molecule has 1 unspecified atom stereocenters. The van der Waals surface area contributed by atoms with Crippen molar-refractivity contribution in [1.82, 2.24) is 10.3 Å². The molecule has 0 bridgehead atoms. The number of carbonyl (C=O) groups is 2. The normalized spacial score (nSPS) is 11.9. The lowest BCUT2D eigenvalue weighted by Gasteiger charge is -2.10. The fraction of sp³-hybridized carbons (Fsp3) is 0.364. The maximum atomic E-state index is 11.5. The summed E-state index contributed by atoms with van der Waals surface area (Å²) in [5.41, 5.74) is 0.172. The highest BCUT2D eigenvalue weighted by atomic mass is 32.2. The minimum Gasteiger partial charge on any atom is -0.478 e. The van der Waals surface area contributed by atoms with Gasteiger partial charge in [-0.3, -0.25) is 4.79 Å². The molecule has 92 valence electrons. The molecular formula is C11H14N2O3S. The van der Waals surface area contributed by atoms with Gasteiger partial charge in [-0.15, -0.1) is 0 Å². The van der Waals surface area contributed by atoms with Crippen LogP contribution < -0.4 is 5.32 Å². The van der Waals surface area contributed by atoms with E-state index in [1.165, 1.54) is 30.1 Å². The molecule has 2 N–H and O–H groups in total. The Morgan fingerprint density at radius 3 is 2.88 bits per heavy atom. The molecule has 0 saturated carbocycles. The van der Waals surface area contributed by atoms with Crippen molar-refractivity contribution in [3.8, 4) is 0 Å². The fourth-order valence-corrected chi connectivity index (χ4v) is 2.03. The second-order valence-corrected chi connectivity index (χ2v) is 4.70. The first-order valence-corrected chi connectivity index (χ1v) is 6.06. The number of hydrogen-bond donors (Lipinski definition) is 2. The van der Waals surface area contributed by atoms with E-state index in [0.717, 1.165) is 0 Å². The number of thioether (sulfide) groups is 1. The number of hydrogen-bond acceptors (Lipinski definition) is 4. The van der Waals surface area contributed by atoms with Gasteiger partial charge in [0.05, 0.1) is 15.8 Å². The molecule has 1 aromatic rings. The van der Waals surface area contributed by atoms with Crippen LogP contribution in [0.3, 0.4) is 0 Å². The molecule has 1 aromatic heterocycles. The summed E-state index contributed by atoms with van der Waals surface area (Å²) in [5.74, 6) is -1.08. The highest BCUT2D eigenvalue weighted by molar-refractivity contribution is 8.00. The van der Waals surface area contributed by atoms with Crippen LogP contribution in [0.4, 0.5) is 0 Å². The molecule has 0 aromatic carbocycles. The standard InChI is InChI=1S/C11H14N2O3S/c1-3-12-10(14)7(2)17-9-6-8(11(15)16)4-5-13-9/h4-7H,3H2,1-2H3,(H,12,14)(H,15,16). The second kappa shape index (κ2) is 6.24. The number of nitrogens with zero attached hydrogens (tertiary/aromatic N) is 1. The molecule has 1 heterocycles. The number of pyridine rings is 1. The van der Waals surface area contributed by atoms with E-state index in [1.54, 1.807) is 6.92 Å². The van der Waals surface area contributed by atoms with Crippen LogP contribution >= 0.6 is 11.8 Å². The Morgan fingerprint density at radius 2 is 2.29 bits per heavy atom. The lowest BCUT2D eigenvalue weighted by Crippen LogP contribution is -2.30. The van der Waals surface area contributed by atoms with Gasteiger partial charge in [0, 0.05) is 12.7 Å². The third-order valence-corrected chi connectivity index (χ3v) is 3.03. The molecule has 17 heavy (non-hydrogen) atoms. The van der Waals surface area contributed by atoms with E-state index >= 15 is 0 Å². The topological polar surface area (TPSA) is 79.3 Å². The molecule has 1 amide bonds. The van der Waals surface area contributed by atoms with Gasteiger partial charge < -0.3 is 10.4 Å². The Morgan fingerprint density at radius 1 is 1.59 bits per heavy atom. The maximum Gasteiger partial charge on any atom is 0.335 e. The summed E-state index contributed by atoms with van der Waals surface area (Å²) < 4.78 is 0. The number of carbonyl (C=O) groups excluding carboxylic acids is 1. The van der Waals surface area contributed by atoms with Crippen LogP contribution in [0.1, 0.15) is 24.2 Å². The quantitative estimate of drug-likeness (QED) is 0.776. The van der Waals surface area contributed by atoms with Gasteiger partial charge in [-0.1, -0.05) is 11.8 Å². The van der Waals surface area contributed by atoms with Gasteiger partial charge in [0.1, 0.15) is 0 Å². The van der Waals surface area contributed by atoms with Crippen LogP contribution in [0.25, 0.3) is 0 Å². The highest BCUT2D eigenvalue weighted by Gasteiger charge is 2.14. The average molecular weight is 254 g/mol. The maximum absolute atomic E-state index is 11.5. The molecule has 6 heteroatoms. The predicted molar refractivity (Wildman–Crippen MR) is 65.2 cm³/mol. The van der Waals surface area contributed by atoms with E-state index in [-0.39, 0.29) is 16.7 Å². The third-order valence-electron chi connectivity index (χ3n) is 2.00. The summed E-state index contributed by atoms with van der Waals surface area (Å²) in [5, 5.41) is 11.8. The third kappa shape index (κ3) is 4.07. The fourth-order valence-electron chi connectivity index (χ4n) is 1.16. The zero-order valence-electron chi connectivity index (χ0n) is 9.64. The lowest BCUT2D eigenvalue weighted by atomic mass is 10.3. The van der Waals surface area contributed by atoms with E-state index in [2.05, 4.69) is 10.3 Å². The van der Waals surface area contributed by atoms with E-state index in [0.29, 0.717) is 11.6 Å². The summed E-state index contributed by atoms with van der Waals surface area (Å²) in [6.45, 7) is 4.18. The monoisotopic (exact) mass is 254 g/mol. The number of amides is 1. The summed E-state index contributed by atoms with van der Waals surface area (Å²) >= 11 is 1.24. The van der Waals surface area contributed by atoms with Crippen molar-refractivity contribution in [2.24, 2.45) is 0 Å². The van der Waals surface area contributed by atoms with Crippen LogP contribution in [0.15, 0.2) is 23.4 Å². The van der Waals surface area contributed by atoms with Crippen molar-refractivity contribution >= 4 is 23.6 Å². The SMILES string of the molecule is CCNC(=O)C(C)Sc1cc(C(=O)O)ccn1. The molecule has 5 nitrogen and oxygen atoms in total. The minimum atomic E-state index is -1.00. The Labute approximate surface area is 104 Å². The van der Waals surface area contributed by atoms with Crippen LogP contribution in [0.2, 0.25) is 0 Å². The second-order valence-electron chi connectivity index (χ2n) is 3.34. The molecule has 0 saturated heterocycles.